The van der Waals surface area contributed by atoms with E-state index in [2.05, 4.69) is 25.4 Å². The van der Waals surface area contributed by atoms with Gasteiger partial charge in [0.05, 0.1) is 5.69 Å². The highest BCUT2D eigenvalue weighted by Crippen LogP contribution is 2.27. The van der Waals surface area contributed by atoms with Crippen LogP contribution in [0.4, 0.5) is 11.4 Å². The topological polar surface area (TPSA) is 80.2 Å². The Morgan fingerprint density at radius 3 is 2.40 bits per heavy atom. The summed E-state index contributed by atoms with van der Waals surface area (Å²) in [6.45, 7) is 5.96. The molecule has 0 aliphatic carbocycles. The second kappa shape index (κ2) is 10.5. The molecule has 2 aromatic carbocycles. The zero-order chi connectivity index (χ0) is 21.3. The van der Waals surface area contributed by atoms with Crippen LogP contribution in [0.5, 0.6) is 5.75 Å². The lowest BCUT2D eigenvalue weighted by Crippen LogP contribution is -2.52. The zero-order valence-electron chi connectivity index (χ0n) is 17.8. The van der Waals surface area contributed by atoms with Gasteiger partial charge in [0.15, 0.2) is 5.96 Å². The Bertz CT molecular complexity index is 858. The van der Waals surface area contributed by atoms with Crippen molar-refractivity contribution in [2.45, 2.75) is 26.3 Å². The molecule has 0 bridgehead atoms. The van der Waals surface area contributed by atoms with Crippen molar-refractivity contribution in [2.75, 3.05) is 43.4 Å². The van der Waals surface area contributed by atoms with Gasteiger partial charge in [-0.2, -0.15) is 0 Å². The summed E-state index contributed by atoms with van der Waals surface area (Å²) < 4.78 is 0. The van der Waals surface area contributed by atoms with E-state index in [1.54, 1.807) is 13.1 Å². The number of aliphatic imine (C=N–C) groups is 1. The van der Waals surface area contributed by atoms with Crippen LogP contribution in [0.15, 0.2) is 53.5 Å². The summed E-state index contributed by atoms with van der Waals surface area (Å²) in [4.78, 5) is 20.6. The highest BCUT2D eigenvalue weighted by Gasteiger charge is 2.21. The van der Waals surface area contributed by atoms with Gasteiger partial charge in [-0.15, -0.1) is 0 Å². The normalized spacial score (nSPS) is 14.5. The molecule has 0 atom stereocenters. The summed E-state index contributed by atoms with van der Waals surface area (Å²) in [6.07, 6.45) is 1.38. The Morgan fingerprint density at radius 2 is 1.77 bits per heavy atom. The molecular weight excluding hydrogens is 378 g/mol. The van der Waals surface area contributed by atoms with Crippen molar-refractivity contribution in [3.63, 3.8) is 0 Å². The zero-order valence-corrected chi connectivity index (χ0v) is 17.8. The van der Waals surface area contributed by atoms with E-state index >= 15 is 0 Å². The maximum absolute atomic E-state index is 11.7. The first-order chi connectivity index (χ1) is 14.6. The van der Waals surface area contributed by atoms with Crippen LogP contribution in [0.3, 0.4) is 0 Å². The number of anilines is 2. The maximum atomic E-state index is 11.7. The van der Waals surface area contributed by atoms with Gasteiger partial charge in [-0.05, 0) is 36.2 Å². The number of hydrogen-bond acceptors (Lipinski definition) is 4. The summed E-state index contributed by atoms with van der Waals surface area (Å²) in [6, 6.07) is 15.3. The van der Waals surface area contributed by atoms with Crippen molar-refractivity contribution in [3.8, 4) is 5.75 Å². The third-order valence-electron chi connectivity index (χ3n) is 5.18. The number of rotatable bonds is 6. The smallest absolute Gasteiger partial charge is 0.224 e. The van der Waals surface area contributed by atoms with E-state index in [1.165, 1.54) is 0 Å². The van der Waals surface area contributed by atoms with Crippen LogP contribution in [0.2, 0.25) is 0 Å². The molecule has 0 saturated carbocycles. The summed E-state index contributed by atoms with van der Waals surface area (Å²) in [5.41, 5.74) is 2.82. The predicted octanol–water partition coefficient (Wildman–Crippen LogP) is 3.03. The molecule has 0 unspecified atom stereocenters. The van der Waals surface area contributed by atoms with Gasteiger partial charge in [0.2, 0.25) is 5.91 Å². The molecule has 160 valence electrons. The van der Waals surface area contributed by atoms with Crippen molar-refractivity contribution >= 4 is 23.2 Å². The van der Waals surface area contributed by atoms with Crippen LogP contribution < -0.4 is 15.5 Å². The average molecular weight is 410 g/mol. The Kier molecular flexibility index (Phi) is 7.54. The summed E-state index contributed by atoms with van der Waals surface area (Å²) in [7, 11) is 1.80. The first-order valence-electron chi connectivity index (χ1n) is 10.5. The van der Waals surface area contributed by atoms with Gasteiger partial charge in [0, 0.05) is 51.9 Å². The van der Waals surface area contributed by atoms with Crippen molar-refractivity contribution in [1.82, 2.24) is 10.2 Å². The van der Waals surface area contributed by atoms with Gasteiger partial charge in [-0.3, -0.25) is 9.79 Å². The largest absolute Gasteiger partial charge is 0.506 e. The fourth-order valence-corrected chi connectivity index (χ4v) is 3.56. The van der Waals surface area contributed by atoms with Gasteiger partial charge in [0.1, 0.15) is 5.75 Å². The van der Waals surface area contributed by atoms with Gasteiger partial charge in [-0.25, -0.2) is 0 Å². The fraction of sp³-hybridized carbons (Fsp3) is 0.391. The number of carbonyl (C=O) groups excluding carboxylic acids is 1. The fourth-order valence-electron chi connectivity index (χ4n) is 3.56. The third kappa shape index (κ3) is 5.65. The molecule has 1 aliphatic heterocycles. The van der Waals surface area contributed by atoms with Gasteiger partial charge in [0.25, 0.3) is 0 Å². The monoisotopic (exact) mass is 409 g/mol. The lowest BCUT2D eigenvalue weighted by molar-refractivity contribution is -0.116. The number of carbonyl (C=O) groups is 1. The molecule has 2 aromatic rings. The number of hydrogen-bond donors (Lipinski definition) is 3. The highest BCUT2D eigenvalue weighted by molar-refractivity contribution is 5.90. The SMILES string of the molecule is CCCC(=O)Nc1ccc(CNC(=NC)N2CCN(c3ccccc3O)CC2)cc1. The molecule has 0 radical (unpaired) electrons. The molecule has 7 nitrogen and oxygen atoms in total. The Labute approximate surface area is 178 Å². The van der Waals surface area contributed by atoms with Crippen molar-refractivity contribution in [2.24, 2.45) is 4.99 Å². The Balaban J connectivity index is 1.49. The number of nitrogens with zero attached hydrogens (tertiary/aromatic N) is 3. The van der Waals surface area contributed by atoms with Crippen molar-refractivity contribution in [1.29, 1.82) is 0 Å². The minimum absolute atomic E-state index is 0.0479. The summed E-state index contributed by atoms with van der Waals surface area (Å²) in [5.74, 6) is 1.24. The molecule has 7 heteroatoms. The van der Waals surface area contributed by atoms with Crippen LogP contribution in [0.25, 0.3) is 0 Å². The highest BCUT2D eigenvalue weighted by atomic mass is 16.3. The number of benzene rings is 2. The van der Waals surface area contributed by atoms with Gasteiger partial charge >= 0.3 is 0 Å². The van der Waals surface area contributed by atoms with Crippen LogP contribution in [0, 0.1) is 0 Å². The summed E-state index contributed by atoms with van der Waals surface area (Å²) >= 11 is 0. The molecular formula is C23H31N5O2. The number of phenols is 1. The van der Waals surface area contributed by atoms with E-state index in [0.29, 0.717) is 18.7 Å². The van der Waals surface area contributed by atoms with E-state index in [-0.39, 0.29) is 5.91 Å². The second-order valence-corrected chi connectivity index (χ2v) is 7.36. The second-order valence-electron chi connectivity index (χ2n) is 7.36. The summed E-state index contributed by atoms with van der Waals surface area (Å²) in [5, 5.41) is 16.4. The first kappa shape index (κ1) is 21.5. The van der Waals surface area contributed by atoms with Crippen molar-refractivity contribution < 1.29 is 9.90 Å². The quantitative estimate of drug-likeness (QED) is 0.505. The molecule has 1 amide bonds. The minimum atomic E-state index is 0.0479. The van der Waals surface area contributed by atoms with Crippen LogP contribution in [-0.2, 0) is 11.3 Å². The molecule has 30 heavy (non-hydrogen) atoms. The van der Waals surface area contributed by atoms with E-state index < -0.39 is 0 Å². The Hall–Kier alpha value is -3.22. The van der Waals surface area contributed by atoms with Crippen LogP contribution in [0.1, 0.15) is 25.3 Å². The first-order valence-corrected chi connectivity index (χ1v) is 10.5. The molecule has 3 N–H and O–H groups in total. The number of aromatic hydroxyl groups is 1. The lowest BCUT2D eigenvalue weighted by atomic mass is 10.2. The van der Waals surface area contributed by atoms with Crippen LogP contribution >= 0.6 is 0 Å². The number of piperazine rings is 1. The maximum Gasteiger partial charge on any atom is 0.224 e. The molecule has 1 saturated heterocycles. The molecule has 3 rings (SSSR count). The molecule has 0 aromatic heterocycles. The van der Waals surface area contributed by atoms with Gasteiger partial charge < -0.3 is 25.5 Å². The molecule has 0 spiro atoms. The Morgan fingerprint density at radius 1 is 1.07 bits per heavy atom. The third-order valence-corrected chi connectivity index (χ3v) is 5.18. The lowest BCUT2D eigenvalue weighted by Gasteiger charge is -2.37. The van der Waals surface area contributed by atoms with E-state index in [9.17, 15) is 9.90 Å². The number of guanidine groups is 1. The number of amides is 1. The van der Waals surface area contributed by atoms with Crippen LogP contribution in [-0.4, -0.2) is 55.1 Å². The molecule has 1 fully saturated rings. The van der Waals surface area contributed by atoms with E-state index in [4.69, 9.17) is 0 Å². The number of nitrogens with one attached hydrogen (secondary N) is 2. The molecule has 1 aliphatic rings. The number of para-hydroxylation sites is 2. The molecule has 1 heterocycles. The number of phenolic OH excluding ortho intramolecular Hbond substituents is 1. The predicted molar refractivity (Wildman–Crippen MR) is 122 cm³/mol. The average Bonchev–Trinajstić information content (AvgIpc) is 2.76. The van der Waals surface area contributed by atoms with E-state index in [1.807, 2.05) is 49.4 Å². The standard InChI is InChI=1S/C23H31N5O2/c1-3-6-22(30)26-19-11-9-18(10-12-19)17-25-23(24-2)28-15-13-27(14-16-28)20-7-4-5-8-21(20)29/h4-5,7-12,29H,3,6,13-17H2,1-2H3,(H,24,25)(H,26,30). The minimum Gasteiger partial charge on any atom is -0.506 e. The van der Waals surface area contributed by atoms with Gasteiger partial charge in [-0.1, -0.05) is 31.2 Å². The van der Waals surface area contributed by atoms with Crippen molar-refractivity contribution in [3.05, 3.63) is 54.1 Å². The van der Waals surface area contributed by atoms with E-state index in [0.717, 1.165) is 55.5 Å².